The summed E-state index contributed by atoms with van der Waals surface area (Å²) in [6.07, 6.45) is 2.97. The minimum absolute atomic E-state index is 0.0803. The molecule has 0 radical (unpaired) electrons. The van der Waals surface area contributed by atoms with Crippen LogP contribution in [-0.4, -0.2) is 9.91 Å². The van der Waals surface area contributed by atoms with Gasteiger partial charge in [0.2, 0.25) is 0 Å². The van der Waals surface area contributed by atoms with Crippen LogP contribution in [0.2, 0.25) is 0 Å². The number of nitro benzene ring substituents is 1. The van der Waals surface area contributed by atoms with Gasteiger partial charge in [0, 0.05) is 34.0 Å². The summed E-state index contributed by atoms with van der Waals surface area (Å²) < 4.78 is 0. The van der Waals surface area contributed by atoms with Crippen molar-refractivity contribution < 1.29 is 4.92 Å². The molecular formula is C25H25N3O2S2. The molecule has 0 saturated heterocycles. The molecule has 2 heterocycles. The highest BCUT2D eigenvalue weighted by molar-refractivity contribution is 7.98. The van der Waals surface area contributed by atoms with Crippen LogP contribution < -0.4 is 0 Å². The summed E-state index contributed by atoms with van der Waals surface area (Å²) in [4.78, 5) is 16.6. The Morgan fingerprint density at radius 1 is 1.28 bits per heavy atom. The summed E-state index contributed by atoms with van der Waals surface area (Å²) in [5, 5.41) is 23.9. The van der Waals surface area contributed by atoms with E-state index in [9.17, 15) is 15.4 Å². The van der Waals surface area contributed by atoms with Gasteiger partial charge in [0.1, 0.15) is 11.1 Å². The number of nitriles is 1. The number of nitrogens with zero attached hydrogens (tertiary/aromatic N) is 3. The number of pyridine rings is 1. The van der Waals surface area contributed by atoms with Gasteiger partial charge in [0.05, 0.1) is 10.5 Å². The second kappa shape index (κ2) is 9.05. The molecule has 0 N–H and O–H groups in total. The fourth-order valence-corrected chi connectivity index (χ4v) is 6.01. The third-order valence-corrected chi connectivity index (χ3v) is 8.09. The third-order valence-electron chi connectivity index (χ3n) is 6.16. The van der Waals surface area contributed by atoms with Crippen molar-refractivity contribution in [3.63, 3.8) is 0 Å². The molecule has 0 amide bonds. The molecule has 0 spiro atoms. The lowest BCUT2D eigenvalue weighted by molar-refractivity contribution is -0.384. The highest BCUT2D eigenvalue weighted by Gasteiger charge is 2.33. The first-order valence-electron chi connectivity index (χ1n) is 10.6. The van der Waals surface area contributed by atoms with Gasteiger partial charge in [0.15, 0.2) is 0 Å². The lowest BCUT2D eigenvalue weighted by Crippen LogP contribution is -2.28. The Labute approximate surface area is 196 Å². The molecule has 7 heteroatoms. The molecule has 2 aromatic heterocycles. The van der Waals surface area contributed by atoms with Crippen LogP contribution in [0, 0.1) is 32.8 Å². The monoisotopic (exact) mass is 463 g/mol. The number of aryl methyl sites for hydroxylation is 1. The van der Waals surface area contributed by atoms with E-state index >= 15 is 0 Å². The van der Waals surface area contributed by atoms with E-state index in [1.165, 1.54) is 29.5 Å². The molecular weight excluding hydrogens is 438 g/mol. The van der Waals surface area contributed by atoms with Gasteiger partial charge in [-0.1, -0.05) is 39.0 Å². The zero-order chi connectivity index (χ0) is 22.9. The summed E-state index contributed by atoms with van der Waals surface area (Å²) in [6, 6.07) is 13.1. The molecule has 1 atom stereocenters. The molecule has 0 aliphatic heterocycles. The predicted octanol–water partition coefficient (Wildman–Crippen LogP) is 7.03. The minimum atomic E-state index is -0.395. The number of thiophene rings is 1. The van der Waals surface area contributed by atoms with Gasteiger partial charge in [0.25, 0.3) is 5.69 Å². The smallest absolute Gasteiger partial charge is 0.258 e. The number of hydrogen-bond acceptors (Lipinski definition) is 6. The Morgan fingerprint density at radius 2 is 2.03 bits per heavy atom. The summed E-state index contributed by atoms with van der Waals surface area (Å²) in [5.41, 5.74) is 5.29. The lowest BCUT2D eigenvalue weighted by Gasteiger charge is -2.35. The first-order chi connectivity index (χ1) is 15.3. The van der Waals surface area contributed by atoms with Gasteiger partial charge in [-0.25, -0.2) is 4.98 Å². The SMILES string of the molecule is CC(C)(C)C1CCc2nc(SCc3ccc([N+](=O)[O-])cc3)c(C#N)c(-c3cccs3)c2C1. The zero-order valence-corrected chi connectivity index (χ0v) is 20.1. The first kappa shape index (κ1) is 22.5. The number of fused-ring (bicyclic) bond motifs is 1. The van der Waals surface area contributed by atoms with Crippen molar-refractivity contribution in [2.45, 2.75) is 50.8 Å². The number of rotatable bonds is 5. The molecule has 0 fully saturated rings. The van der Waals surface area contributed by atoms with Crippen LogP contribution in [0.1, 0.15) is 49.6 Å². The lowest BCUT2D eigenvalue weighted by atomic mass is 9.70. The van der Waals surface area contributed by atoms with Crippen molar-refractivity contribution in [2.24, 2.45) is 11.3 Å². The molecule has 1 unspecified atom stereocenters. The zero-order valence-electron chi connectivity index (χ0n) is 18.4. The van der Waals surface area contributed by atoms with Crippen molar-refractivity contribution in [3.05, 3.63) is 74.3 Å². The molecule has 3 aromatic rings. The Morgan fingerprint density at radius 3 is 2.62 bits per heavy atom. The fraction of sp³-hybridized carbons (Fsp3) is 0.360. The maximum absolute atomic E-state index is 10.9. The average Bonchev–Trinajstić information content (AvgIpc) is 3.30. The highest BCUT2D eigenvalue weighted by atomic mass is 32.2. The number of nitro groups is 1. The minimum Gasteiger partial charge on any atom is -0.258 e. The van der Waals surface area contributed by atoms with Crippen molar-refractivity contribution >= 4 is 28.8 Å². The summed E-state index contributed by atoms with van der Waals surface area (Å²) in [5.74, 6) is 1.16. The predicted molar refractivity (Wildman–Crippen MR) is 130 cm³/mol. The Hall–Kier alpha value is -2.69. The largest absolute Gasteiger partial charge is 0.269 e. The van der Waals surface area contributed by atoms with Crippen LogP contribution in [0.25, 0.3) is 10.4 Å². The fourth-order valence-electron chi connectivity index (χ4n) is 4.24. The number of aromatic nitrogens is 1. The standard InChI is InChI=1S/C25H25N3O2S2/c1-25(2,3)17-8-11-21-19(13-17)23(22-5-4-12-31-22)20(14-26)24(27-21)32-15-16-6-9-18(10-7-16)28(29)30/h4-7,9-10,12,17H,8,11,13,15H2,1-3H3. The molecule has 0 saturated carbocycles. The quantitative estimate of drug-likeness (QED) is 0.230. The molecule has 5 nitrogen and oxygen atoms in total. The maximum atomic E-state index is 10.9. The molecule has 1 aliphatic rings. The number of benzene rings is 1. The van der Waals surface area contributed by atoms with Crippen molar-refractivity contribution in [1.29, 1.82) is 5.26 Å². The summed E-state index contributed by atoms with van der Waals surface area (Å²) in [6.45, 7) is 6.88. The van der Waals surface area contributed by atoms with Gasteiger partial charge >= 0.3 is 0 Å². The Balaban J connectivity index is 1.72. The van der Waals surface area contributed by atoms with E-state index in [2.05, 4.69) is 38.3 Å². The normalized spacial score (nSPS) is 15.8. The number of hydrogen-bond donors (Lipinski definition) is 0. The summed E-state index contributed by atoms with van der Waals surface area (Å²) in [7, 11) is 0. The van der Waals surface area contributed by atoms with E-state index in [0.29, 0.717) is 17.2 Å². The Bertz CT molecular complexity index is 1170. The second-order valence-corrected chi connectivity index (χ2v) is 11.1. The van der Waals surface area contributed by atoms with Crippen molar-refractivity contribution in [1.82, 2.24) is 4.98 Å². The molecule has 164 valence electrons. The van der Waals surface area contributed by atoms with Crippen LogP contribution in [0.4, 0.5) is 5.69 Å². The number of thioether (sulfide) groups is 1. The van der Waals surface area contributed by atoms with Crippen LogP contribution in [0.15, 0.2) is 46.8 Å². The summed E-state index contributed by atoms with van der Waals surface area (Å²) >= 11 is 3.19. The van der Waals surface area contributed by atoms with Gasteiger partial charge in [-0.2, -0.15) is 5.26 Å². The average molecular weight is 464 g/mol. The van der Waals surface area contributed by atoms with Crippen LogP contribution in [-0.2, 0) is 18.6 Å². The van der Waals surface area contributed by atoms with Crippen LogP contribution in [0.3, 0.4) is 0 Å². The molecule has 1 aromatic carbocycles. The molecule has 32 heavy (non-hydrogen) atoms. The van der Waals surface area contributed by atoms with E-state index in [-0.39, 0.29) is 11.1 Å². The Kier molecular flexibility index (Phi) is 6.36. The highest BCUT2D eigenvalue weighted by Crippen LogP contribution is 2.44. The van der Waals surface area contributed by atoms with Gasteiger partial charge < -0.3 is 0 Å². The van der Waals surface area contributed by atoms with Crippen LogP contribution in [0.5, 0.6) is 0 Å². The van der Waals surface area contributed by atoms with Gasteiger partial charge in [-0.05, 0) is 53.2 Å². The third kappa shape index (κ3) is 4.57. The van der Waals surface area contributed by atoms with E-state index in [4.69, 9.17) is 4.98 Å². The maximum Gasteiger partial charge on any atom is 0.269 e. The van der Waals surface area contributed by atoms with E-state index < -0.39 is 4.92 Å². The topological polar surface area (TPSA) is 79.8 Å². The van der Waals surface area contributed by atoms with Crippen molar-refractivity contribution in [3.8, 4) is 16.5 Å². The van der Waals surface area contributed by atoms with Crippen molar-refractivity contribution in [2.75, 3.05) is 0 Å². The van der Waals surface area contributed by atoms with Crippen LogP contribution >= 0.6 is 23.1 Å². The van der Waals surface area contributed by atoms with E-state index in [0.717, 1.165) is 46.0 Å². The van der Waals surface area contributed by atoms with Gasteiger partial charge in [-0.15, -0.1) is 23.1 Å². The van der Waals surface area contributed by atoms with E-state index in [1.807, 2.05) is 6.07 Å². The number of non-ortho nitro benzene ring substituents is 1. The molecule has 0 bridgehead atoms. The van der Waals surface area contributed by atoms with Gasteiger partial charge in [-0.3, -0.25) is 10.1 Å². The first-order valence-corrected chi connectivity index (χ1v) is 12.5. The van der Waals surface area contributed by atoms with E-state index in [1.54, 1.807) is 23.5 Å². The molecule has 1 aliphatic carbocycles. The second-order valence-electron chi connectivity index (χ2n) is 9.20. The molecule has 4 rings (SSSR count).